The highest BCUT2D eigenvalue weighted by Crippen LogP contribution is 2.37. The van der Waals surface area contributed by atoms with Gasteiger partial charge in [0.2, 0.25) is 12.7 Å². The number of furan rings is 1. The molecule has 0 saturated heterocycles. The van der Waals surface area contributed by atoms with Crippen LogP contribution >= 0.6 is 0 Å². The van der Waals surface area contributed by atoms with Crippen molar-refractivity contribution in [2.45, 2.75) is 13.5 Å². The molecule has 1 aromatic heterocycles. The second kappa shape index (κ2) is 8.74. The second-order valence-corrected chi connectivity index (χ2v) is 7.80. The van der Waals surface area contributed by atoms with E-state index in [0.717, 1.165) is 44.5 Å². The lowest BCUT2D eigenvalue weighted by atomic mass is 9.99. The molecule has 0 spiro atoms. The Bertz CT molecular complexity index is 1350. The van der Waals surface area contributed by atoms with Crippen LogP contribution in [0.3, 0.4) is 0 Å². The van der Waals surface area contributed by atoms with Crippen molar-refractivity contribution in [2.75, 3.05) is 13.9 Å². The molecule has 5 rings (SSSR count). The van der Waals surface area contributed by atoms with E-state index in [9.17, 15) is 4.79 Å². The molecule has 1 aliphatic heterocycles. The van der Waals surface area contributed by atoms with E-state index >= 15 is 0 Å². The van der Waals surface area contributed by atoms with Gasteiger partial charge in [-0.2, -0.15) is 0 Å². The molecule has 0 radical (unpaired) electrons. The Morgan fingerprint density at radius 3 is 2.70 bits per heavy atom. The highest BCUT2D eigenvalue weighted by molar-refractivity contribution is 6.00. The largest absolute Gasteiger partial charge is 0.496 e. The molecule has 0 bridgehead atoms. The van der Waals surface area contributed by atoms with Crippen LogP contribution in [-0.2, 0) is 11.3 Å². The van der Waals surface area contributed by atoms with Crippen molar-refractivity contribution in [3.8, 4) is 28.4 Å². The van der Waals surface area contributed by atoms with E-state index < -0.39 is 0 Å². The van der Waals surface area contributed by atoms with Crippen molar-refractivity contribution in [3.05, 3.63) is 84.1 Å². The number of rotatable bonds is 6. The summed E-state index contributed by atoms with van der Waals surface area (Å²) in [6, 6.07) is 19.6. The van der Waals surface area contributed by atoms with Gasteiger partial charge in [-0.25, -0.2) is 0 Å². The fraction of sp³-hybridized carbons (Fsp3) is 0.148. The van der Waals surface area contributed by atoms with E-state index in [0.29, 0.717) is 18.0 Å². The number of nitrogens with one attached hydrogen (secondary N) is 1. The van der Waals surface area contributed by atoms with Crippen LogP contribution in [0.15, 0.2) is 77.4 Å². The van der Waals surface area contributed by atoms with E-state index in [1.54, 1.807) is 19.4 Å². The quantitative estimate of drug-likeness (QED) is 0.397. The molecule has 33 heavy (non-hydrogen) atoms. The summed E-state index contributed by atoms with van der Waals surface area (Å²) in [5.41, 5.74) is 5.35. The molecule has 3 aromatic carbocycles. The van der Waals surface area contributed by atoms with Crippen molar-refractivity contribution in [2.24, 2.45) is 0 Å². The van der Waals surface area contributed by atoms with Crippen LogP contribution in [0.5, 0.6) is 17.2 Å². The Kier molecular flexibility index (Phi) is 5.48. The number of carbonyl (C=O) groups excluding carboxylic acids is 1. The zero-order valence-electron chi connectivity index (χ0n) is 18.4. The Morgan fingerprint density at radius 2 is 1.88 bits per heavy atom. The Hall–Kier alpha value is -4.19. The minimum absolute atomic E-state index is 0.192. The highest BCUT2D eigenvalue weighted by atomic mass is 16.7. The van der Waals surface area contributed by atoms with E-state index in [1.807, 2.05) is 67.6 Å². The van der Waals surface area contributed by atoms with Crippen LogP contribution in [0.25, 0.3) is 27.7 Å². The minimum atomic E-state index is -0.192. The topological polar surface area (TPSA) is 69.9 Å². The monoisotopic (exact) mass is 441 g/mol. The fourth-order valence-corrected chi connectivity index (χ4v) is 3.94. The average molecular weight is 441 g/mol. The first-order chi connectivity index (χ1) is 16.1. The summed E-state index contributed by atoms with van der Waals surface area (Å²) in [5, 5.41) is 3.89. The molecule has 0 fully saturated rings. The smallest absolute Gasteiger partial charge is 0.244 e. The molecular formula is C27H23NO5. The summed E-state index contributed by atoms with van der Waals surface area (Å²) in [6.45, 7) is 2.50. The van der Waals surface area contributed by atoms with Gasteiger partial charge in [-0.05, 0) is 41.8 Å². The standard InChI is InChI=1S/C27H23NO5/c1-17(10-27(29)28-14-18-8-9-23-26(11-18)33-16-32-23)20-12-21-22(19-6-4-3-5-7-19)15-31-25(21)13-24(20)30-2/h3-13,15H,14,16H2,1-2H3,(H,28,29)/b17-10+. The zero-order valence-corrected chi connectivity index (χ0v) is 18.4. The molecule has 0 unspecified atom stereocenters. The van der Waals surface area contributed by atoms with Crippen LogP contribution in [0.2, 0.25) is 0 Å². The Labute approximate surface area is 191 Å². The lowest BCUT2D eigenvalue weighted by Gasteiger charge is -2.10. The molecule has 0 atom stereocenters. The van der Waals surface area contributed by atoms with Gasteiger partial charge in [-0.1, -0.05) is 36.4 Å². The molecule has 4 aromatic rings. The van der Waals surface area contributed by atoms with Gasteiger partial charge in [0.05, 0.1) is 13.4 Å². The van der Waals surface area contributed by atoms with Crippen LogP contribution in [0, 0.1) is 0 Å². The SMILES string of the molecule is COc1cc2occ(-c3ccccc3)c2cc1/C(C)=C/C(=O)NCc1ccc2c(c1)OCO2. The number of fused-ring (bicyclic) bond motifs is 2. The summed E-state index contributed by atoms with van der Waals surface area (Å²) >= 11 is 0. The molecule has 1 N–H and O–H groups in total. The number of hydrogen-bond acceptors (Lipinski definition) is 5. The molecule has 6 heteroatoms. The normalized spacial score (nSPS) is 12.7. The van der Waals surface area contributed by atoms with Gasteiger partial charge in [0, 0.05) is 35.2 Å². The third kappa shape index (κ3) is 4.15. The molecule has 6 nitrogen and oxygen atoms in total. The average Bonchev–Trinajstić information content (AvgIpc) is 3.48. The lowest BCUT2D eigenvalue weighted by Crippen LogP contribution is -2.20. The fourth-order valence-electron chi connectivity index (χ4n) is 3.94. The Morgan fingerprint density at radius 1 is 1.06 bits per heavy atom. The number of amides is 1. The van der Waals surface area contributed by atoms with Crippen LogP contribution in [-0.4, -0.2) is 19.8 Å². The summed E-state index contributed by atoms with van der Waals surface area (Å²) in [7, 11) is 1.61. The number of benzene rings is 3. The van der Waals surface area contributed by atoms with E-state index in [2.05, 4.69) is 5.32 Å². The molecular weight excluding hydrogens is 418 g/mol. The van der Waals surface area contributed by atoms with E-state index in [4.69, 9.17) is 18.6 Å². The first-order valence-electron chi connectivity index (χ1n) is 10.6. The summed E-state index contributed by atoms with van der Waals surface area (Å²) in [5.74, 6) is 1.87. The van der Waals surface area contributed by atoms with Crippen LogP contribution < -0.4 is 19.5 Å². The number of ether oxygens (including phenoxy) is 3. The maximum absolute atomic E-state index is 12.6. The van der Waals surface area contributed by atoms with Gasteiger partial charge in [-0.15, -0.1) is 0 Å². The van der Waals surface area contributed by atoms with Crippen LogP contribution in [0.1, 0.15) is 18.1 Å². The zero-order chi connectivity index (χ0) is 22.8. The first-order valence-corrected chi connectivity index (χ1v) is 10.6. The lowest BCUT2D eigenvalue weighted by molar-refractivity contribution is -0.116. The number of hydrogen-bond donors (Lipinski definition) is 1. The molecule has 2 heterocycles. The van der Waals surface area contributed by atoms with E-state index in [-0.39, 0.29) is 12.7 Å². The Balaban J connectivity index is 1.39. The molecule has 1 amide bonds. The van der Waals surface area contributed by atoms with Crippen molar-refractivity contribution < 1.29 is 23.4 Å². The predicted molar refractivity (Wildman–Crippen MR) is 126 cm³/mol. The summed E-state index contributed by atoms with van der Waals surface area (Å²) < 4.78 is 22.1. The maximum atomic E-state index is 12.6. The van der Waals surface area contributed by atoms with Gasteiger partial charge >= 0.3 is 0 Å². The van der Waals surface area contributed by atoms with Gasteiger partial charge in [0.1, 0.15) is 11.3 Å². The molecule has 1 aliphatic rings. The first kappa shape index (κ1) is 20.7. The molecule has 166 valence electrons. The summed E-state index contributed by atoms with van der Waals surface area (Å²) in [4.78, 5) is 12.6. The maximum Gasteiger partial charge on any atom is 0.244 e. The highest BCUT2D eigenvalue weighted by Gasteiger charge is 2.16. The van der Waals surface area contributed by atoms with Gasteiger partial charge < -0.3 is 23.9 Å². The minimum Gasteiger partial charge on any atom is -0.496 e. The van der Waals surface area contributed by atoms with Crippen molar-refractivity contribution in [1.82, 2.24) is 5.32 Å². The van der Waals surface area contributed by atoms with Crippen molar-refractivity contribution in [3.63, 3.8) is 0 Å². The van der Waals surface area contributed by atoms with Gasteiger partial charge in [0.25, 0.3) is 0 Å². The number of carbonyl (C=O) groups is 1. The number of allylic oxidation sites excluding steroid dienone is 1. The molecule has 0 saturated carbocycles. The van der Waals surface area contributed by atoms with Gasteiger partial charge in [0.15, 0.2) is 11.5 Å². The third-order valence-corrected chi connectivity index (χ3v) is 5.66. The van der Waals surface area contributed by atoms with Crippen LogP contribution in [0.4, 0.5) is 0 Å². The number of methoxy groups -OCH3 is 1. The third-order valence-electron chi connectivity index (χ3n) is 5.66. The molecule has 0 aliphatic carbocycles. The van der Waals surface area contributed by atoms with Crippen molar-refractivity contribution >= 4 is 22.4 Å². The predicted octanol–water partition coefficient (Wildman–Crippen LogP) is 5.56. The van der Waals surface area contributed by atoms with Gasteiger partial charge in [-0.3, -0.25) is 4.79 Å². The van der Waals surface area contributed by atoms with Crippen molar-refractivity contribution in [1.29, 1.82) is 0 Å². The van der Waals surface area contributed by atoms with E-state index in [1.165, 1.54) is 0 Å². The summed E-state index contributed by atoms with van der Waals surface area (Å²) in [6.07, 6.45) is 3.33. The second-order valence-electron chi connectivity index (χ2n) is 7.80.